The van der Waals surface area contributed by atoms with E-state index in [4.69, 9.17) is 0 Å². The number of halogens is 4. The van der Waals surface area contributed by atoms with E-state index in [0.717, 1.165) is 28.2 Å². The topological polar surface area (TPSA) is 42.3 Å². The molecule has 0 unspecified atom stereocenters. The highest BCUT2D eigenvalue weighted by molar-refractivity contribution is 7.90. The fourth-order valence-corrected chi connectivity index (χ4v) is 4.94. The molecule has 160 valence electrons. The summed E-state index contributed by atoms with van der Waals surface area (Å²) in [7, 11) is -1.99. The quantitative estimate of drug-likeness (QED) is 0.554. The van der Waals surface area contributed by atoms with Gasteiger partial charge in [-0.05, 0) is 49.4 Å². The van der Waals surface area contributed by atoms with Gasteiger partial charge in [-0.2, -0.15) is 13.2 Å². The molecule has 0 N–H and O–H groups in total. The third kappa shape index (κ3) is 3.99. The minimum absolute atomic E-state index is 0. The number of hydrogen-bond acceptors (Lipinski definition) is 3. The van der Waals surface area contributed by atoms with Gasteiger partial charge in [0.15, 0.2) is 0 Å². The molecule has 2 aromatic carbocycles. The third-order valence-corrected chi connectivity index (χ3v) is 6.84. The third-order valence-electron chi connectivity index (χ3n) is 5.16. The van der Waals surface area contributed by atoms with Crippen LogP contribution in [0.15, 0.2) is 65.7 Å². The van der Waals surface area contributed by atoms with E-state index in [-0.39, 0.29) is 28.2 Å². The zero-order valence-corrected chi connectivity index (χ0v) is 17.7. The molecule has 0 fully saturated rings. The number of hydrogen-bond donors (Lipinski definition) is 0. The fourth-order valence-electron chi connectivity index (χ4n) is 3.55. The van der Waals surface area contributed by atoms with Crippen LogP contribution in [0, 0.1) is 0 Å². The Morgan fingerprint density at radius 3 is 2.33 bits per heavy atom. The van der Waals surface area contributed by atoms with Gasteiger partial charge in [0.25, 0.3) is 10.0 Å². The van der Waals surface area contributed by atoms with Crippen molar-refractivity contribution >= 4 is 38.9 Å². The van der Waals surface area contributed by atoms with Gasteiger partial charge in [-0.3, -0.25) is 0 Å². The molecule has 9 heteroatoms. The zero-order chi connectivity index (χ0) is 20.8. The van der Waals surface area contributed by atoms with E-state index < -0.39 is 21.8 Å². The molecule has 30 heavy (non-hydrogen) atoms. The van der Waals surface area contributed by atoms with Crippen molar-refractivity contribution in [2.75, 3.05) is 20.1 Å². The van der Waals surface area contributed by atoms with Crippen LogP contribution in [0.3, 0.4) is 0 Å². The Bertz CT molecular complexity index is 1200. The van der Waals surface area contributed by atoms with Crippen LogP contribution in [-0.4, -0.2) is 37.4 Å². The van der Waals surface area contributed by atoms with Gasteiger partial charge in [-0.15, -0.1) is 12.4 Å². The zero-order valence-electron chi connectivity index (χ0n) is 16.1. The van der Waals surface area contributed by atoms with Crippen LogP contribution in [0.2, 0.25) is 0 Å². The molecule has 0 spiro atoms. The number of nitrogens with zero attached hydrogens (tertiary/aromatic N) is 2. The summed E-state index contributed by atoms with van der Waals surface area (Å²) in [4.78, 5) is 2.17. The first-order valence-electron chi connectivity index (χ1n) is 9.09. The number of likely N-dealkylation sites (N-methyl/N-ethyl adjacent to an activating group) is 1. The molecule has 0 bridgehead atoms. The standard InChI is InChI=1S/C21H19F3N2O2S.ClH/c1-25-11-9-15(10-12-25)19-14-26(29(27,28)17-5-3-2-4-6-17)20-8-7-16(13-18(19)20)21(22,23)24;/h2-9,13-14H,10-12H2,1H3;1H. The van der Waals surface area contributed by atoms with Crippen LogP contribution in [0.5, 0.6) is 0 Å². The van der Waals surface area contributed by atoms with Gasteiger partial charge >= 0.3 is 6.18 Å². The smallest absolute Gasteiger partial charge is 0.302 e. The average molecular weight is 457 g/mol. The summed E-state index contributed by atoms with van der Waals surface area (Å²) in [5, 5.41) is 0.287. The van der Waals surface area contributed by atoms with Crippen LogP contribution in [0.4, 0.5) is 13.2 Å². The van der Waals surface area contributed by atoms with Gasteiger partial charge in [0.2, 0.25) is 0 Å². The van der Waals surface area contributed by atoms with Gasteiger partial charge in [-0.25, -0.2) is 12.4 Å². The largest absolute Gasteiger partial charge is 0.416 e. The van der Waals surface area contributed by atoms with Gasteiger partial charge in [-0.1, -0.05) is 24.3 Å². The molecule has 0 saturated heterocycles. The second-order valence-electron chi connectivity index (χ2n) is 7.13. The average Bonchev–Trinajstić information content (AvgIpc) is 3.08. The van der Waals surface area contributed by atoms with Crippen molar-refractivity contribution in [3.63, 3.8) is 0 Å². The highest BCUT2D eigenvalue weighted by atomic mass is 35.5. The van der Waals surface area contributed by atoms with Crippen LogP contribution in [0.1, 0.15) is 17.5 Å². The van der Waals surface area contributed by atoms with Crippen molar-refractivity contribution in [1.82, 2.24) is 8.87 Å². The molecule has 1 aliphatic heterocycles. The maximum Gasteiger partial charge on any atom is 0.416 e. The Labute approximate surface area is 179 Å². The first kappa shape index (κ1) is 22.4. The Hall–Kier alpha value is -2.29. The normalized spacial score (nSPS) is 15.7. The van der Waals surface area contributed by atoms with Crippen molar-refractivity contribution in [3.8, 4) is 0 Å². The second kappa shape index (κ2) is 8.09. The summed E-state index contributed by atoms with van der Waals surface area (Å²) in [5.74, 6) is 0. The maximum atomic E-state index is 13.3. The molecule has 0 aliphatic carbocycles. The second-order valence-corrected chi connectivity index (χ2v) is 8.94. The van der Waals surface area contributed by atoms with E-state index in [0.29, 0.717) is 18.5 Å². The van der Waals surface area contributed by atoms with Crippen molar-refractivity contribution in [2.45, 2.75) is 17.5 Å². The predicted molar refractivity (Wildman–Crippen MR) is 113 cm³/mol. The Morgan fingerprint density at radius 1 is 1.03 bits per heavy atom. The molecule has 4 nitrogen and oxygen atoms in total. The van der Waals surface area contributed by atoms with E-state index >= 15 is 0 Å². The highest BCUT2D eigenvalue weighted by Gasteiger charge is 2.32. The molecule has 0 saturated carbocycles. The van der Waals surface area contributed by atoms with E-state index in [1.54, 1.807) is 18.2 Å². The van der Waals surface area contributed by atoms with Crippen molar-refractivity contribution < 1.29 is 21.6 Å². The van der Waals surface area contributed by atoms with E-state index in [2.05, 4.69) is 4.90 Å². The van der Waals surface area contributed by atoms with Gasteiger partial charge in [0.1, 0.15) is 0 Å². The lowest BCUT2D eigenvalue weighted by Crippen LogP contribution is -2.23. The van der Waals surface area contributed by atoms with Gasteiger partial charge in [0, 0.05) is 30.2 Å². The Morgan fingerprint density at radius 2 is 1.73 bits per heavy atom. The molecule has 2 heterocycles. The van der Waals surface area contributed by atoms with Crippen LogP contribution < -0.4 is 0 Å². The summed E-state index contributed by atoms with van der Waals surface area (Å²) in [6.07, 6.45) is -0.480. The molecular weight excluding hydrogens is 437 g/mol. The molecule has 0 atom stereocenters. The van der Waals surface area contributed by atoms with Crippen LogP contribution in [0.25, 0.3) is 16.5 Å². The number of aromatic nitrogens is 1. The van der Waals surface area contributed by atoms with Gasteiger partial charge in [0.05, 0.1) is 16.0 Å². The van der Waals surface area contributed by atoms with E-state index in [9.17, 15) is 21.6 Å². The summed E-state index contributed by atoms with van der Waals surface area (Å²) in [5.41, 5.74) is 0.819. The minimum Gasteiger partial charge on any atom is -0.302 e. The van der Waals surface area contributed by atoms with Crippen molar-refractivity contribution in [3.05, 3.63) is 71.9 Å². The summed E-state index contributed by atoms with van der Waals surface area (Å²) in [6.45, 7) is 1.41. The van der Waals surface area contributed by atoms with Crippen molar-refractivity contribution in [2.24, 2.45) is 0 Å². The molecule has 3 aromatic rings. The lowest BCUT2D eigenvalue weighted by Gasteiger charge is -2.21. The fraction of sp³-hybridized carbons (Fsp3) is 0.238. The number of benzene rings is 2. The highest BCUT2D eigenvalue weighted by Crippen LogP contribution is 2.37. The Balaban J connectivity index is 0.00000256. The molecular formula is C21H20ClF3N2O2S. The first-order chi connectivity index (χ1) is 13.7. The molecule has 4 rings (SSSR count). The SMILES string of the molecule is CN1CC=C(c2cn(S(=O)(=O)c3ccccc3)c3ccc(C(F)(F)F)cc23)CC1.Cl. The predicted octanol–water partition coefficient (Wildman–Crippen LogP) is 5.04. The molecule has 0 radical (unpaired) electrons. The molecule has 1 aliphatic rings. The maximum absolute atomic E-state index is 13.3. The van der Waals surface area contributed by atoms with E-state index in [1.807, 2.05) is 13.1 Å². The minimum atomic E-state index is -4.51. The monoisotopic (exact) mass is 456 g/mol. The summed E-state index contributed by atoms with van der Waals surface area (Å²) >= 11 is 0. The summed E-state index contributed by atoms with van der Waals surface area (Å²) in [6, 6.07) is 11.1. The van der Waals surface area contributed by atoms with Crippen LogP contribution >= 0.6 is 12.4 Å². The number of fused-ring (bicyclic) bond motifs is 1. The lowest BCUT2D eigenvalue weighted by molar-refractivity contribution is -0.137. The molecule has 0 amide bonds. The number of rotatable bonds is 3. The molecule has 1 aromatic heterocycles. The van der Waals surface area contributed by atoms with Gasteiger partial charge < -0.3 is 4.90 Å². The van der Waals surface area contributed by atoms with Crippen molar-refractivity contribution in [1.29, 1.82) is 0 Å². The lowest BCUT2D eigenvalue weighted by atomic mass is 9.98. The number of alkyl halides is 3. The van der Waals surface area contributed by atoms with Crippen LogP contribution in [-0.2, 0) is 16.2 Å². The first-order valence-corrected chi connectivity index (χ1v) is 10.5. The Kier molecular flexibility index (Phi) is 6.04. The van der Waals surface area contributed by atoms with E-state index in [1.165, 1.54) is 24.4 Å². The summed E-state index contributed by atoms with van der Waals surface area (Å²) < 4.78 is 67.4.